The first-order valence-corrected chi connectivity index (χ1v) is 27.9. The molecule has 0 saturated heterocycles. The van der Waals surface area contributed by atoms with Gasteiger partial charge in [-0.05, 0) is 184 Å². The second-order valence-corrected chi connectivity index (χ2v) is 21.8. The molecule has 1 saturated carbocycles. The van der Waals surface area contributed by atoms with Crippen molar-refractivity contribution in [2.75, 3.05) is 6.61 Å². The number of rotatable bonds is 24. The summed E-state index contributed by atoms with van der Waals surface area (Å²) in [4.78, 5) is 0. The number of phenolic OH excluding ortho intramolecular Hbond substituents is 2. The lowest BCUT2D eigenvalue weighted by Crippen LogP contribution is -2.34. The smallest absolute Gasteiger partial charge is 0.134 e. The van der Waals surface area contributed by atoms with Gasteiger partial charge in [-0.15, -0.1) is 0 Å². The molecule has 3 aliphatic carbocycles. The van der Waals surface area contributed by atoms with Crippen molar-refractivity contribution >= 4 is 11.1 Å². The van der Waals surface area contributed by atoms with Crippen molar-refractivity contribution < 1.29 is 14.9 Å². The maximum Gasteiger partial charge on any atom is 0.134 e. The first-order chi connectivity index (χ1) is 33.6. The Hall–Kier alpha value is -4.76. The molecule has 0 spiro atoms. The number of hydrogen-bond acceptors (Lipinski definition) is 3. The third-order valence-corrected chi connectivity index (χ3v) is 15.8. The highest BCUT2D eigenvalue weighted by Gasteiger charge is 2.37. The van der Waals surface area contributed by atoms with Crippen LogP contribution in [0.1, 0.15) is 203 Å². The third kappa shape index (κ3) is 13.6. The molecule has 0 bridgehead atoms. The number of hydrogen-bond donors (Lipinski definition) is 2. The number of ether oxygens (including phenoxy) is 1. The molecule has 0 aliphatic heterocycles. The van der Waals surface area contributed by atoms with E-state index in [4.69, 9.17) is 4.74 Å². The van der Waals surface area contributed by atoms with Crippen LogP contribution in [0, 0.1) is 31.1 Å². The van der Waals surface area contributed by atoms with Crippen molar-refractivity contribution in [2.45, 2.75) is 196 Å². The summed E-state index contributed by atoms with van der Waals surface area (Å²) in [6, 6.07) is 23.7. The van der Waals surface area contributed by atoms with E-state index in [0.717, 1.165) is 92.2 Å². The van der Waals surface area contributed by atoms with Crippen molar-refractivity contribution in [2.24, 2.45) is 17.3 Å². The van der Waals surface area contributed by atoms with Gasteiger partial charge in [0.25, 0.3) is 0 Å². The molecule has 0 heterocycles. The van der Waals surface area contributed by atoms with Crippen LogP contribution in [0.5, 0.6) is 17.2 Å². The third-order valence-electron chi connectivity index (χ3n) is 15.8. The number of benzene rings is 4. The predicted molar refractivity (Wildman–Crippen MR) is 296 cm³/mol. The van der Waals surface area contributed by atoms with Gasteiger partial charge in [-0.3, -0.25) is 0 Å². The van der Waals surface area contributed by atoms with E-state index in [1.807, 2.05) is 18.2 Å². The van der Waals surface area contributed by atoms with E-state index in [-0.39, 0.29) is 5.41 Å². The molecule has 1 fully saturated rings. The van der Waals surface area contributed by atoms with Crippen LogP contribution in [-0.2, 0) is 12.8 Å². The number of para-hydroxylation sites is 1. The van der Waals surface area contributed by atoms with Gasteiger partial charge < -0.3 is 14.9 Å². The molecule has 2 atom stereocenters. The van der Waals surface area contributed by atoms with Gasteiger partial charge in [-0.25, -0.2) is 0 Å². The Labute approximate surface area is 419 Å². The molecule has 3 heteroatoms. The number of phenols is 2. The highest BCUT2D eigenvalue weighted by molar-refractivity contribution is 5.86. The van der Waals surface area contributed by atoms with Crippen molar-refractivity contribution in [1.29, 1.82) is 0 Å². The van der Waals surface area contributed by atoms with E-state index in [1.165, 1.54) is 139 Å². The molecule has 0 amide bonds. The van der Waals surface area contributed by atoms with Crippen molar-refractivity contribution in [3.05, 3.63) is 136 Å². The topological polar surface area (TPSA) is 49.7 Å². The Morgan fingerprint density at radius 3 is 1.68 bits per heavy atom. The molecule has 2 N–H and O–H groups in total. The average Bonchev–Trinajstić information content (AvgIpc) is 3.36. The van der Waals surface area contributed by atoms with Crippen LogP contribution in [-0.4, -0.2) is 16.8 Å². The quantitative estimate of drug-likeness (QED) is 0.0736. The van der Waals surface area contributed by atoms with Crippen LogP contribution < -0.4 is 4.74 Å². The second-order valence-electron chi connectivity index (χ2n) is 21.8. The lowest BCUT2D eigenvalue weighted by molar-refractivity contribution is 0.0970. The predicted octanol–water partition coefficient (Wildman–Crippen LogP) is 19.4. The van der Waals surface area contributed by atoms with Gasteiger partial charge in [-0.2, -0.15) is 0 Å². The van der Waals surface area contributed by atoms with E-state index >= 15 is 0 Å². The molecule has 3 nitrogen and oxygen atoms in total. The average molecular weight is 929 g/mol. The van der Waals surface area contributed by atoms with Gasteiger partial charge in [0.05, 0.1) is 6.61 Å². The zero-order valence-electron chi connectivity index (χ0n) is 44.1. The van der Waals surface area contributed by atoms with E-state index < -0.39 is 0 Å². The minimum absolute atomic E-state index is 0.139. The van der Waals surface area contributed by atoms with Crippen molar-refractivity contribution in [1.82, 2.24) is 0 Å². The Bertz CT molecular complexity index is 2450. The fourth-order valence-electron chi connectivity index (χ4n) is 11.9. The molecule has 0 aromatic heterocycles. The first-order valence-electron chi connectivity index (χ1n) is 27.9. The van der Waals surface area contributed by atoms with Crippen LogP contribution in [0.2, 0.25) is 0 Å². The Balaban J connectivity index is 1.38. The number of aromatic hydroxyl groups is 2. The van der Waals surface area contributed by atoms with Crippen LogP contribution in [0.15, 0.2) is 102 Å². The van der Waals surface area contributed by atoms with E-state index in [9.17, 15) is 10.2 Å². The van der Waals surface area contributed by atoms with E-state index in [0.29, 0.717) is 29.9 Å². The Morgan fingerprint density at radius 2 is 1.07 bits per heavy atom. The Kier molecular flexibility index (Phi) is 19.2. The summed E-state index contributed by atoms with van der Waals surface area (Å²) in [5.74, 6) is 2.62. The summed E-state index contributed by atoms with van der Waals surface area (Å²) in [6.07, 6.45) is 36.5. The summed E-state index contributed by atoms with van der Waals surface area (Å²) in [5.41, 5.74) is 17.2. The zero-order chi connectivity index (χ0) is 48.8. The largest absolute Gasteiger partial charge is 0.507 e. The van der Waals surface area contributed by atoms with Crippen molar-refractivity contribution in [3.8, 4) is 39.5 Å². The molecule has 370 valence electrons. The molecule has 0 unspecified atom stereocenters. The van der Waals surface area contributed by atoms with Crippen molar-refractivity contribution in [3.63, 3.8) is 0 Å². The van der Waals surface area contributed by atoms with E-state index in [2.05, 4.69) is 121 Å². The lowest BCUT2D eigenvalue weighted by atomic mass is 9.68. The number of aryl methyl sites for hydroxylation is 3. The van der Waals surface area contributed by atoms with Gasteiger partial charge in [0.15, 0.2) is 0 Å². The fourth-order valence-corrected chi connectivity index (χ4v) is 11.9. The molecule has 69 heavy (non-hydrogen) atoms. The molecular formula is C66H88O3. The summed E-state index contributed by atoms with van der Waals surface area (Å²) >= 11 is 0. The number of unbranched alkanes of at least 4 members (excludes halogenated alkanes) is 5. The molecule has 0 radical (unpaired) electrons. The van der Waals surface area contributed by atoms with Gasteiger partial charge >= 0.3 is 0 Å². The first kappa shape index (κ1) is 52.1. The fraction of sp³-hybridized carbons (Fsp3) is 0.515. The SMILES string of the molecule is CCCCC1=C[C@@H](CCCC)CC(c2cc(C)cc(-c3ccccc3O)c2CC2(COc3c(C4=CC(CCCC)=C[C@@H](CCCC)C4)cc(C)cc3-c3cc(CCCC)ccc3O)CCCCC2)=C1. The summed E-state index contributed by atoms with van der Waals surface area (Å²) < 4.78 is 7.71. The standard InChI is InChI=1S/C66H88O3/c1-8-13-23-49-30-31-64(68)60(44-49)61-37-48(7)35-58(55-42-52(26-16-11-4)39-53(43-55)27-17-12-5)65(61)69-46-66(32-21-18-22-33-66)45-62-57(34-47(6)36-59(62)56-28-19-20-29-63(56)67)54-40-50(24-14-9-2)38-51(41-54)25-15-10-3/h19-20,28-31,34-40,42,44,51,53,67-68H,8-18,21-27,32-33,41,43,45-46H2,1-7H3/t51-,53-/m1/s1. The van der Waals surface area contributed by atoms with Crippen LogP contribution in [0.25, 0.3) is 33.4 Å². The van der Waals surface area contributed by atoms with Gasteiger partial charge in [0.2, 0.25) is 0 Å². The number of allylic oxidation sites excluding steroid dienone is 8. The van der Waals surface area contributed by atoms with Crippen LogP contribution in [0.3, 0.4) is 0 Å². The maximum absolute atomic E-state index is 11.8. The lowest BCUT2D eigenvalue weighted by Gasteiger charge is -2.39. The minimum Gasteiger partial charge on any atom is -0.507 e. The molecule has 3 aliphatic rings. The summed E-state index contributed by atoms with van der Waals surface area (Å²) in [6.45, 7) is 16.5. The molecule has 4 aromatic carbocycles. The van der Waals surface area contributed by atoms with Crippen LogP contribution in [0.4, 0.5) is 0 Å². The zero-order valence-corrected chi connectivity index (χ0v) is 44.1. The second kappa shape index (κ2) is 25.4. The summed E-state index contributed by atoms with van der Waals surface area (Å²) in [7, 11) is 0. The monoisotopic (exact) mass is 929 g/mol. The maximum atomic E-state index is 11.8. The highest BCUT2D eigenvalue weighted by Crippen LogP contribution is 2.50. The Morgan fingerprint density at radius 1 is 0.536 bits per heavy atom. The normalized spacial score (nSPS) is 18.1. The highest BCUT2D eigenvalue weighted by atomic mass is 16.5. The van der Waals surface area contributed by atoms with Crippen LogP contribution >= 0.6 is 0 Å². The summed E-state index contributed by atoms with van der Waals surface area (Å²) in [5, 5.41) is 23.5. The van der Waals surface area contributed by atoms with Gasteiger partial charge in [-0.1, -0.05) is 171 Å². The molecular weight excluding hydrogens is 841 g/mol. The van der Waals surface area contributed by atoms with Gasteiger partial charge in [0, 0.05) is 27.7 Å². The minimum atomic E-state index is -0.139. The molecule has 4 aromatic rings. The molecule has 7 rings (SSSR count). The van der Waals surface area contributed by atoms with E-state index in [1.54, 1.807) is 0 Å². The van der Waals surface area contributed by atoms with Gasteiger partial charge in [0.1, 0.15) is 17.2 Å².